The average molecular weight is 275 g/mol. The summed E-state index contributed by atoms with van der Waals surface area (Å²) >= 11 is 0. The van der Waals surface area contributed by atoms with Crippen molar-refractivity contribution in [2.45, 2.75) is 44.6 Å². The second-order valence-electron chi connectivity index (χ2n) is 5.41. The molecule has 1 fully saturated rings. The van der Waals surface area contributed by atoms with E-state index in [4.69, 9.17) is 5.73 Å². The molecule has 0 radical (unpaired) electrons. The highest BCUT2D eigenvalue weighted by Gasteiger charge is 2.22. The van der Waals surface area contributed by atoms with Crippen LogP contribution in [0.25, 0.3) is 11.5 Å². The molecule has 1 aliphatic rings. The first kappa shape index (κ1) is 13.2. The minimum Gasteiger partial charge on any atom is -0.329 e. The van der Waals surface area contributed by atoms with Crippen LogP contribution in [0.1, 0.15) is 43.8 Å². The third-order valence-corrected chi connectivity index (χ3v) is 3.88. The second-order valence-corrected chi connectivity index (χ2v) is 5.41. The van der Waals surface area contributed by atoms with Gasteiger partial charge in [-0.25, -0.2) is 9.67 Å². The summed E-state index contributed by atoms with van der Waals surface area (Å²) in [6.45, 7) is 1.22. The van der Waals surface area contributed by atoms with Gasteiger partial charge in [-0.15, -0.1) is 5.10 Å². The maximum absolute atomic E-state index is 5.52. The lowest BCUT2D eigenvalue weighted by Gasteiger charge is -2.18. The van der Waals surface area contributed by atoms with Crippen molar-refractivity contribution >= 4 is 0 Å². The van der Waals surface area contributed by atoms with Crippen molar-refractivity contribution in [3.63, 3.8) is 0 Å². The number of hydrogen-bond acceptors (Lipinski definition) is 5. The lowest BCUT2D eigenvalue weighted by atomic mass is 9.89. The molecule has 0 aliphatic heterocycles. The Labute approximate surface area is 118 Å². The molecule has 1 aliphatic carbocycles. The zero-order valence-corrected chi connectivity index (χ0v) is 11.9. The third-order valence-electron chi connectivity index (χ3n) is 3.88. The van der Waals surface area contributed by atoms with E-state index < -0.39 is 0 Å². The summed E-state index contributed by atoms with van der Waals surface area (Å²) in [5.74, 6) is 2.24. The van der Waals surface area contributed by atoms with E-state index in [1.807, 2.05) is 13.2 Å². The van der Waals surface area contributed by atoms with Crippen LogP contribution in [0.5, 0.6) is 0 Å². The molecule has 20 heavy (non-hydrogen) atoms. The Morgan fingerprint density at radius 1 is 1.30 bits per heavy atom. The molecule has 2 aromatic heterocycles. The molecule has 1 saturated carbocycles. The molecule has 2 N–H and O–H groups in total. The van der Waals surface area contributed by atoms with E-state index in [0.717, 1.165) is 17.3 Å². The fourth-order valence-electron chi connectivity index (χ4n) is 2.80. The quantitative estimate of drug-likeness (QED) is 0.902. The van der Waals surface area contributed by atoms with Crippen LogP contribution in [0.3, 0.4) is 0 Å². The molecule has 2 heterocycles. The molecule has 0 unspecified atom stereocenters. The maximum Gasteiger partial charge on any atom is 0.180 e. The smallest absolute Gasteiger partial charge is 0.180 e. The molecular weight excluding hydrogens is 254 g/mol. The molecule has 0 bridgehead atoms. The van der Waals surface area contributed by atoms with E-state index in [1.165, 1.54) is 32.1 Å². The SMILES string of the molecule is Cn1nc(C2CCCCC2)nc1-c1cn(CCN)nn1. The highest BCUT2D eigenvalue weighted by molar-refractivity contribution is 5.46. The van der Waals surface area contributed by atoms with Gasteiger partial charge in [0.05, 0.1) is 12.7 Å². The lowest BCUT2D eigenvalue weighted by Crippen LogP contribution is -2.10. The minimum absolute atomic E-state index is 0.503. The predicted octanol–water partition coefficient (Wildman–Crippen LogP) is 1.08. The maximum atomic E-state index is 5.52. The van der Waals surface area contributed by atoms with Gasteiger partial charge < -0.3 is 5.73 Å². The van der Waals surface area contributed by atoms with Crippen LogP contribution in [0.15, 0.2) is 6.20 Å². The van der Waals surface area contributed by atoms with Gasteiger partial charge in [-0.3, -0.25) is 4.68 Å². The number of rotatable bonds is 4. The van der Waals surface area contributed by atoms with Crippen LogP contribution >= 0.6 is 0 Å². The van der Waals surface area contributed by atoms with Gasteiger partial charge in [0.1, 0.15) is 5.69 Å². The van der Waals surface area contributed by atoms with Crippen molar-refractivity contribution in [3.05, 3.63) is 12.0 Å². The van der Waals surface area contributed by atoms with E-state index in [9.17, 15) is 0 Å². The summed E-state index contributed by atoms with van der Waals surface area (Å²) in [4.78, 5) is 4.68. The number of nitrogens with zero attached hydrogens (tertiary/aromatic N) is 6. The van der Waals surface area contributed by atoms with Crippen LogP contribution in [0, 0.1) is 0 Å². The molecule has 7 nitrogen and oxygen atoms in total. The highest BCUT2D eigenvalue weighted by atomic mass is 15.4. The van der Waals surface area contributed by atoms with Crippen molar-refractivity contribution in [2.24, 2.45) is 12.8 Å². The summed E-state index contributed by atoms with van der Waals surface area (Å²) in [5, 5.41) is 12.8. The average Bonchev–Trinajstić information content (AvgIpc) is 3.07. The molecule has 0 aromatic carbocycles. The summed E-state index contributed by atoms with van der Waals surface area (Å²) in [6, 6.07) is 0. The normalized spacial score (nSPS) is 16.7. The molecule has 0 saturated heterocycles. The van der Waals surface area contributed by atoms with E-state index in [-0.39, 0.29) is 0 Å². The predicted molar refractivity (Wildman–Crippen MR) is 74.9 cm³/mol. The molecule has 3 rings (SSSR count). The van der Waals surface area contributed by atoms with Crippen LogP contribution in [-0.4, -0.2) is 36.3 Å². The van der Waals surface area contributed by atoms with Crippen molar-refractivity contribution in [2.75, 3.05) is 6.54 Å². The Bertz CT molecular complexity index is 565. The number of aromatic nitrogens is 6. The first-order valence-corrected chi connectivity index (χ1v) is 7.29. The van der Waals surface area contributed by atoms with Crippen LogP contribution in [-0.2, 0) is 13.6 Å². The zero-order valence-electron chi connectivity index (χ0n) is 11.9. The Morgan fingerprint density at radius 3 is 2.85 bits per heavy atom. The molecule has 108 valence electrons. The van der Waals surface area contributed by atoms with Crippen LogP contribution in [0.2, 0.25) is 0 Å². The van der Waals surface area contributed by atoms with Crippen LogP contribution < -0.4 is 5.73 Å². The summed E-state index contributed by atoms with van der Waals surface area (Å²) in [5.41, 5.74) is 6.28. The van der Waals surface area contributed by atoms with Gasteiger partial charge in [0.15, 0.2) is 11.6 Å². The largest absolute Gasteiger partial charge is 0.329 e. The Balaban J connectivity index is 1.83. The molecule has 0 amide bonds. The molecular formula is C13H21N7. The Kier molecular flexibility index (Phi) is 3.77. The fourth-order valence-corrected chi connectivity index (χ4v) is 2.80. The van der Waals surface area contributed by atoms with Crippen molar-refractivity contribution in [1.29, 1.82) is 0 Å². The van der Waals surface area contributed by atoms with E-state index in [1.54, 1.807) is 9.36 Å². The zero-order chi connectivity index (χ0) is 13.9. The molecule has 2 aromatic rings. The number of hydrogen-bond donors (Lipinski definition) is 1. The number of aryl methyl sites for hydroxylation is 1. The van der Waals surface area contributed by atoms with Crippen molar-refractivity contribution < 1.29 is 0 Å². The topological polar surface area (TPSA) is 87.4 Å². The van der Waals surface area contributed by atoms with Gasteiger partial charge in [0.25, 0.3) is 0 Å². The molecule has 7 heteroatoms. The monoisotopic (exact) mass is 275 g/mol. The standard InChI is InChI=1S/C13H21N7/c1-19-13(11-9-20(8-7-14)18-16-11)15-12(17-19)10-5-3-2-4-6-10/h9-10H,2-8,14H2,1H3. The highest BCUT2D eigenvalue weighted by Crippen LogP contribution is 2.31. The van der Waals surface area contributed by atoms with Gasteiger partial charge in [-0.2, -0.15) is 5.10 Å². The van der Waals surface area contributed by atoms with Crippen molar-refractivity contribution in [1.82, 2.24) is 29.8 Å². The molecule has 0 spiro atoms. The third kappa shape index (κ3) is 2.58. The first-order chi connectivity index (χ1) is 9.78. The van der Waals surface area contributed by atoms with Gasteiger partial charge in [0.2, 0.25) is 0 Å². The fraction of sp³-hybridized carbons (Fsp3) is 0.692. The van der Waals surface area contributed by atoms with Gasteiger partial charge in [-0.05, 0) is 12.8 Å². The number of nitrogens with two attached hydrogens (primary N) is 1. The van der Waals surface area contributed by atoms with Gasteiger partial charge >= 0.3 is 0 Å². The van der Waals surface area contributed by atoms with E-state index in [0.29, 0.717) is 19.0 Å². The summed E-state index contributed by atoms with van der Waals surface area (Å²) < 4.78 is 3.55. The van der Waals surface area contributed by atoms with E-state index >= 15 is 0 Å². The molecule has 0 atom stereocenters. The van der Waals surface area contributed by atoms with Crippen molar-refractivity contribution in [3.8, 4) is 11.5 Å². The van der Waals surface area contributed by atoms with E-state index in [2.05, 4.69) is 20.4 Å². The first-order valence-electron chi connectivity index (χ1n) is 7.29. The van der Waals surface area contributed by atoms with Gasteiger partial charge in [0, 0.05) is 19.5 Å². The van der Waals surface area contributed by atoms with Crippen LogP contribution in [0.4, 0.5) is 0 Å². The van der Waals surface area contributed by atoms with Gasteiger partial charge in [-0.1, -0.05) is 24.5 Å². The second kappa shape index (κ2) is 5.70. The Hall–Kier alpha value is -1.76. The summed E-state index contributed by atoms with van der Waals surface area (Å²) in [7, 11) is 1.91. The lowest BCUT2D eigenvalue weighted by molar-refractivity contribution is 0.427. The minimum atomic E-state index is 0.503. The Morgan fingerprint density at radius 2 is 2.10 bits per heavy atom. The summed E-state index contributed by atoms with van der Waals surface area (Å²) in [6.07, 6.45) is 8.17.